The third-order valence-electron chi connectivity index (χ3n) is 3.11. The van der Waals surface area contributed by atoms with E-state index in [1.54, 1.807) is 19.2 Å². The van der Waals surface area contributed by atoms with Gasteiger partial charge in [-0.25, -0.2) is 22.6 Å². The summed E-state index contributed by atoms with van der Waals surface area (Å²) in [7, 11) is -3.84. The molecule has 3 aromatic rings. The fraction of sp³-hybridized carbons (Fsp3) is 0.143. The molecule has 2 aromatic heterocycles. The smallest absolute Gasteiger partial charge is 0.264 e. The predicted octanol–water partition coefficient (Wildman–Crippen LogP) is 1.27. The Hall–Kier alpha value is -3.01. The predicted molar refractivity (Wildman–Crippen MR) is 87.0 cm³/mol. The summed E-state index contributed by atoms with van der Waals surface area (Å²) in [5, 5.41) is 6.63. The number of aromatic nitrogens is 4. The Kier molecular flexibility index (Phi) is 4.13. The Morgan fingerprint density at radius 3 is 2.67 bits per heavy atom. The molecule has 24 heavy (non-hydrogen) atoms. The van der Waals surface area contributed by atoms with Crippen LogP contribution in [0.1, 0.15) is 13.3 Å². The van der Waals surface area contributed by atoms with Gasteiger partial charge in [0.2, 0.25) is 5.91 Å². The van der Waals surface area contributed by atoms with E-state index in [2.05, 4.69) is 25.1 Å². The molecule has 0 fully saturated rings. The van der Waals surface area contributed by atoms with Crippen molar-refractivity contribution in [3.63, 3.8) is 0 Å². The molecule has 0 aliphatic carbocycles. The van der Waals surface area contributed by atoms with Gasteiger partial charge in [0.15, 0.2) is 0 Å². The van der Waals surface area contributed by atoms with Crippen LogP contribution in [-0.2, 0) is 14.8 Å². The summed E-state index contributed by atoms with van der Waals surface area (Å²) in [5.41, 5.74) is 0.524. The molecule has 0 saturated carbocycles. The van der Waals surface area contributed by atoms with E-state index in [9.17, 15) is 13.2 Å². The molecular formula is C14H14N6O3S. The lowest BCUT2D eigenvalue weighted by atomic mass is 10.3. The van der Waals surface area contributed by atoms with Crippen LogP contribution < -0.4 is 10.0 Å². The fourth-order valence-corrected chi connectivity index (χ4v) is 2.86. The van der Waals surface area contributed by atoms with Gasteiger partial charge < -0.3 is 5.32 Å². The number of anilines is 2. The first kappa shape index (κ1) is 15.9. The Morgan fingerprint density at radius 1 is 1.25 bits per heavy atom. The van der Waals surface area contributed by atoms with Gasteiger partial charge >= 0.3 is 0 Å². The quantitative estimate of drug-likeness (QED) is 0.718. The summed E-state index contributed by atoms with van der Waals surface area (Å²) in [6.45, 7) is 1.73. The summed E-state index contributed by atoms with van der Waals surface area (Å²) in [6.07, 6.45) is 3.49. The number of hydrogen-bond donors (Lipinski definition) is 2. The van der Waals surface area contributed by atoms with Crippen molar-refractivity contribution < 1.29 is 13.2 Å². The first-order chi connectivity index (χ1) is 11.5. The van der Waals surface area contributed by atoms with Crippen molar-refractivity contribution in [3.05, 3.63) is 42.7 Å². The van der Waals surface area contributed by atoms with Gasteiger partial charge in [-0.1, -0.05) is 6.92 Å². The average Bonchev–Trinajstić information content (AvgIpc) is 2.96. The van der Waals surface area contributed by atoms with Crippen molar-refractivity contribution in [2.45, 2.75) is 18.2 Å². The lowest BCUT2D eigenvalue weighted by Gasteiger charge is -2.06. The van der Waals surface area contributed by atoms with E-state index in [0.717, 1.165) is 0 Å². The number of sulfonamides is 1. The zero-order chi connectivity index (χ0) is 17.2. The second-order valence-corrected chi connectivity index (χ2v) is 6.51. The van der Waals surface area contributed by atoms with Gasteiger partial charge in [-0.2, -0.15) is 4.98 Å². The van der Waals surface area contributed by atoms with Crippen LogP contribution in [0.25, 0.3) is 5.78 Å². The van der Waals surface area contributed by atoms with E-state index in [-0.39, 0.29) is 22.5 Å². The second kappa shape index (κ2) is 6.24. The maximum absolute atomic E-state index is 12.4. The molecule has 2 heterocycles. The summed E-state index contributed by atoms with van der Waals surface area (Å²) in [6, 6.07) is 7.47. The lowest BCUT2D eigenvalue weighted by Crippen LogP contribution is -2.14. The highest BCUT2D eigenvalue weighted by molar-refractivity contribution is 7.92. The normalized spacial score (nSPS) is 11.4. The molecule has 0 aliphatic rings. The summed E-state index contributed by atoms with van der Waals surface area (Å²) >= 11 is 0. The van der Waals surface area contributed by atoms with Gasteiger partial charge in [0.05, 0.1) is 4.90 Å². The topological polar surface area (TPSA) is 118 Å². The van der Waals surface area contributed by atoms with Gasteiger partial charge in [-0.15, -0.1) is 5.10 Å². The van der Waals surface area contributed by atoms with E-state index >= 15 is 0 Å². The molecule has 10 heteroatoms. The number of nitrogens with one attached hydrogen (secondary N) is 2. The first-order valence-electron chi connectivity index (χ1n) is 7.08. The maximum atomic E-state index is 12.4. The van der Waals surface area contributed by atoms with E-state index < -0.39 is 10.0 Å². The number of carbonyl (C=O) groups excluding carboxylic acids is 1. The fourth-order valence-electron chi connectivity index (χ4n) is 1.92. The Morgan fingerprint density at radius 2 is 2.00 bits per heavy atom. The van der Waals surface area contributed by atoms with Crippen LogP contribution >= 0.6 is 0 Å². The molecule has 1 amide bonds. The molecule has 9 nitrogen and oxygen atoms in total. The molecule has 2 N–H and O–H groups in total. The zero-order valence-corrected chi connectivity index (χ0v) is 13.5. The number of nitrogens with zero attached hydrogens (tertiary/aromatic N) is 4. The largest absolute Gasteiger partial charge is 0.326 e. The molecular weight excluding hydrogens is 332 g/mol. The standard InChI is InChI=1S/C14H14N6O3S/c1-2-12(21)16-10-4-6-11(7-5-10)24(22,23)19-13-17-14-15-8-3-9-20(14)18-13/h3-9H,2H2,1H3,(H,16,21)(H,18,19). The molecule has 0 radical (unpaired) electrons. The molecule has 0 saturated heterocycles. The van der Waals surface area contributed by atoms with E-state index in [1.165, 1.54) is 35.0 Å². The van der Waals surface area contributed by atoms with Gasteiger partial charge in [-0.3, -0.25) is 4.79 Å². The highest BCUT2D eigenvalue weighted by atomic mass is 32.2. The van der Waals surface area contributed by atoms with Crippen molar-refractivity contribution in [2.24, 2.45) is 0 Å². The monoisotopic (exact) mass is 346 g/mol. The summed E-state index contributed by atoms with van der Waals surface area (Å²) in [5.74, 6) is 0.0648. The molecule has 124 valence electrons. The molecule has 0 atom stereocenters. The van der Waals surface area contributed by atoms with Gasteiger partial charge in [0.1, 0.15) is 0 Å². The molecule has 0 unspecified atom stereocenters. The maximum Gasteiger partial charge on any atom is 0.264 e. The van der Waals surface area contributed by atoms with Crippen molar-refractivity contribution in [3.8, 4) is 0 Å². The number of benzene rings is 1. The number of rotatable bonds is 5. The highest BCUT2D eigenvalue weighted by Crippen LogP contribution is 2.17. The Bertz CT molecular complexity index is 948. The van der Waals surface area contributed by atoms with Gasteiger partial charge in [0.25, 0.3) is 21.7 Å². The molecule has 3 rings (SSSR count). The number of amides is 1. The Labute approximate surface area is 137 Å². The van der Waals surface area contributed by atoms with Crippen molar-refractivity contribution in [2.75, 3.05) is 10.0 Å². The molecule has 0 spiro atoms. The van der Waals surface area contributed by atoms with E-state index in [1.807, 2.05) is 0 Å². The first-order valence-corrected chi connectivity index (χ1v) is 8.56. The van der Waals surface area contributed by atoms with Crippen LogP contribution in [0.3, 0.4) is 0 Å². The van der Waals surface area contributed by atoms with E-state index in [0.29, 0.717) is 12.1 Å². The number of fused-ring (bicyclic) bond motifs is 1. The van der Waals surface area contributed by atoms with Crippen LogP contribution in [0.4, 0.5) is 11.6 Å². The number of hydrogen-bond acceptors (Lipinski definition) is 6. The van der Waals surface area contributed by atoms with Gasteiger partial charge in [0, 0.05) is 24.5 Å². The van der Waals surface area contributed by atoms with Crippen LogP contribution in [0.5, 0.6) is 0 Å². The van der Waals surface area contributed by atoms with Crippen LogP contribution in [0.15, 0.2) is 47.6 Å². The van der Waals surface area contributed by atoms with Gasteiger partial charge in [-0.05, 0) is 30.3 Å². The van der Waals surface area contributed by atoms with Crippen molar-refractivity contribution >= 4 is 33.3 Å². The third-order valence-corrected chi connectivity index (χ3v) is 4.46. The lowest BCUT2D eigenvalue weighted by molar-refractivity contribution is -0.115. The minimum Gasteiger partial charge on any atom is -0.326 e. The second-order valence-electron chi connectivity index (χ2n) is 4.83. The molecule has 0 bridgehead atoms. The van der Waals surface area contributed by atoms with Crippen LogP contribution in [-0.4, -0.2) is 33.9 Å². The minimum atomic E-state index is -3.84. The third kappa shape index (κ3) is 3.33. The van der Waals surface area contributed by atoms with Crippen LogP contribution in [0.2, 0.25) is 0 Å². The van der Waals surface area contributed by atoms with Crippen molar-refractivity contribution in [1.29, 1.82) is 0 Å². The minimum absolute atomic E-state index is 0.0313. The van der Waals surface area contributed by atoms with Crippen molar-refractivity contribution in [1.82, 2.24) is 19.6 Å². The van der Waals surface area contributed by atoms with Crippen LogP contribution in [0, 0.1) is 0 Å². The highest BCUT2D eigenvalue weighted by Gasteiger charge is 2.17. The average molecular weight is 346 g/mol. The summed E-state index contributed by atoms with van der Waals surface area (Å²) in [4.78, 5) is 19.3. The molecule has 0 aliphatic heterocycles. The zero-order valence-electron chi connectivity index (χ0n) is 12.7. The SMILES string of the molecule is CCC(=O)Nc1ccc(S(=O)(=O)Nc2nc3ncccn3n2)cc1. The van der Waals surface area contributed by atoms with E-state index in [4.69, 9.17) is 0 Å². The molecule has 1 aromatic carbocycles. The number of carbonyl (C=O) groups is 1. The summed E-state index contributed by atoms with van der Waals surface area (Å²) < 4.78 is 28.4. The Balaban J connectivity index is 1.80.